The Bertz CT molecular complexity index is 659. The third-order valence-electron chi connectivity index (χ3n) is 4.20. The molecule has 2 atom stereocenters. The van der Waals surface area contributed by atoms with Crippen molar-refractivity contribution in [3.8, 4) is 0 Å². The van der Waals surface area contributed by atoms with E-state index in [1.165, 1.54) is 0 Å². The van der Waals surface area contributed by atoms with E-state index in [2.05, 4.69) is 4.90 Å². The second-order valence-corrected chi connectivity index (χ2v) is 5.57. The summed E-state index contributed by atoms with van der Waals surface area (Å²) < 4.78 is 5.85. The third kappa shape index (κ3) is 1.88. The molecular formula is C16H16N2O2. The maximum atomic E-state index is 11.4. The van der Waals surface area contributed by atoms with Gasteiger partial charge in [-0.15, -0.1) is 0 Å². The Morgan fingerprint density at radius 1 is 1.20 bits per heavy atom. The Kier molecular flexibility index (Phi) is 2.70. The molecule has 4 nitrogen and oxygen atoms in total. The summed E-state index contributed by atoms with van der Waals surface area (Å²) in [4.78, 5) is 18.3. The molecule has 0 saturated carbocycles. The Labute approximate surface area is 117 Å². The molecule has 2 unspecified atom stereocenters. The molecule has 102 valence electrons. The monoisotopic (exact) mass is 268 g/mol. The molecule has 2 aliphatic rings. The van der Waals surface area contributed by atoms with E-state index in [1.807, 2.05) is 30.3 Å². The van der Waals surface area contributed by atoms with E-state index in [0.717, 1.165) is 48.9 Å². The average Bonchev–Trinajstić information content (AvgIpc) is 2.84. The fraction of sp³-hybridized carbons (Fsp3) is 0.375. The Hall–Kier alpha value is -1.94. The molecule has 20 heavy (non-hydrogen) atoms. The number of benzene rings is 1. The molecule has 2 aliphatic heterocycles. The fourth-order valence-corrected chi connectivity index (χ4v) is 3.25. The van der Waals surface area contributed by atoms with Crippen LogP contribution in [-0.2, 0) is 4.74 Å². The molecule has 2 fully saturated rings. The van der Waals surface area contributed by atoms with Gasteiger partial charge in [-0.2, -0.15) is 0 Å². The molecule has 0 aliphatic carbocycles. The van der Waals surface area contributed by atoms with Crippen molar-refractivity contribution in [1.29, 1.82) is 0 Å². The summed E-state index contributed by atoms with van der Waals surface area (Å²) in [6, 6.07) is 9.85. The largest absolute Gasteiger partial charge is 0.371 e. The summed E-state index contributed by atoms with van der Waals surface area (Å²) >= 11 is 0. The van der Waals surface area contributed by atoms with Gasteiger partial charge in [0.25, 0.3) is 0 Å². The van der Waals surface area contributed by atoms with Crippen LogP contribution >= 0.6 is 0 Å². The molecule has 0 amide bonds. The average molecular weight is 268 g/mol. The van der Waals surface area contributed by atoms with Crippen molar-refractivity contribution in [3.05, 3.63) is 35.9 Å². The maximum Gasteiger partial charge on any atom is 0.153 e. The van der Waals surface area contributed by atoms with Crippen molar-refractivity contribution in [2.75, 3.05) is 18.0 Å². The zero-order valence-electron chi connectivity index (χ0n) is 11.2. The second kappa shape index (κ2) is 4.56. The van der Waals surface area contributed by atoms with E-state index in [9.17, 15) is 4.79 Å². The van der Waals surface area contributed by atoms with Gasteiger partial charge in [-0.25, -0.2) is 4.98 Å². The number of morpholine rings is 1. The third-order valence-corrected chi connectivity index (χ3v) is 4.20. The number of carbonyl (C=O) groups excluding carboxylic acids is 1. The van der Waals surface area contributed by atoms with E-state index in [4.69, 9.17) is 9.72 Å². The zero-order chi connectivity index (χ0) is 13.5. The summed E-state index contributed by atoms with van der Waals surface area (Å²) in [7, 11) is 0. The van der Waals surface area contributed by atoms with Crippen LogP contribution in [0.1, 0.15) is 23.2 Å². The van der Waals surface area contributed by atoms with Crippen molar-refractivity contribution >= 4 is 23.0 Å². The van der Waals surface area contributed by atoms with Gasteiger partial charge in [0.1, 0.15) is 5.82 Å². The number of para-hydroxylation sites is 1. The highest BCUT2D eigenvalue weighted by Crippen LogP contribution is 2.31. The van der Waals surface area contributed by atoms with Crippen LogP contribution in [0, 0.1) is 0 Å². The SMILES string of the molecule is O=Cc1cc2ccccc2nc1N1CC2CCC(C1)O2. The molecule has 3 heterocycles. The van der Waals surface area contributed by atoms with Crippen LogP contribution in [0.15, 0.2) is 30.3 Å². The number of ether oxygens (including phenoxy) is 1. The van der Waals surface area contributed by atoms with Gasteiger partial charge in [0.05, 0.1) is 23.3 Å². The van der Waals surface area contributed by atoms with Crippen molar-refractivity contribution in [1.82, 2.24) is 4.98 Å². The van der Waals surface area contributed by atoms with Gasteiger partial charge < -0.3 is 9.64 Å². The molecule has 1 aromatic heterocycles. The Morgan fingerprint density at radius 3 is 2.70 bits per heavy atom. The molecule has 0 N–H and O–H groups in total. The number of aromatic nitrogens is 1. The topological polar surface area (TPSA) is 42.4 Å². The van der Waals surface area contributed by atoms with E-state index >= 15 is 0 Å². The first kappa shape index (κ1) is 11.9. The Balaban J connectivity index is 1.79. The first-order valence-corrected chi connectivity index (χ1v) is 7.09. The lowest BCUT2D eigenvalue weighted by molar-refractivity contribution is 0.0302. The minimum Gasteiger partial charge on any atom is -0.371 e. The summed E-state index contributed by atoms with van der Waals surface area (Å²) in [6.45, 7) is 1.67. The zero-order valence-corrected chi connectivity index (χ0v) is 11.2. The van der Waals surface area contributed by atoms with E-state index < -0.39 is 0 Å². The number of fused-ring (bicyclic) bond motifs is 3. The predicted octanol–water partition coefficient (Wildman–Crippen LogP) is 2.41. The lowest BCUT2D eigenvalue weighted by Crippen LogP contribution is -2.43. The number of aldehydes is 1. The van der Waals surface area contributed by atoms with Crippen molar-refractivity contribution in [3.63, 3.8) is 0 Å². The first-order chi connectivity index (χ1) is 9.83. The number of nitrogens with zero attached hydrogens (tertiary/aromatic N) is 2. The molecule has 0 radical (unpaired) electrons. The van der Waals surface area contributed by atoms with Crippen LogP contribution in [0.2, 0.25) is 0 Å². The highest BCUT2D eigenvalue weighted by atomic mass is 16.5. The van der Waals surface area contributed by atoms with Gasteiger partial charge in [-0.05, 0) is 25.0 Å². The van der Waals surface area contributed by atoms with Crippen LogP contribution in [-0.4, -0.2) is 36.6 Å². The molecule has 4 rings (SSSR count). The van der Waals surface area contributed by atoms with Gasteiger partial charge >= 0.3 is 0 Å². The Morgan fingerprint density at radius 2 is 1.95 bits per heavy atom. The highest BCUT2D eigenvalue weighted by molar-refractivity contribution is 5.91. The minimum atomic E-state index is 0.293. The van der Waals surface area contributed by atoms with Gasteiger partial charge in [-0.3, -0.25) is 4.79 Å². The van der Waals surface area contributed by atoms with E-state index in [0.29, 0.717) is 17.8 Å². The van der Waals surface area contributed by atoms with E-state index in [1.54, 1.807) is 0 Å². The number of anilines is 1. The standard InChI is InChI=1S/C16H16N2O2/c19-10-12-7-11-3-1-2-4-15(11)17-16(12)18-8-13-5-6-14(9-18)20-13/h1-4,7,10,13-14H,5-6,8-9H2. The van der Waals surface area contributed by atoms with Gasteiger partial charge in [0.15, 0.2) is 6.29 Å². The second-order valence-electron chi connectivity index (χ2n) is 5.57. The van der Waals surface area contributed by atoms with Crippen LogP contribution in [0.25, 0.3) is 10.9 Å². The van der Waals surface area contributed by atoms with Crippen molar-refractivity contribution in [2.45, 2.75) is 25.0 Å². The first-order valence-electron chi connectivity index (χ1n) is 7.09. The lowest BCUT2D eigenvalue weighted by atomic mass is 10.1. The molecule has 4 heteroatoms. The van der Waals surface area contributed by atoms with Gasteiger partial charge in [-0.1, -0.05) is 18.2 Å². The minimum absolute atomic E-state index is 0.293. The van der Waals surface area contributed by atoms with Crippen molar-refractivity contribution < 1.29 is 9.53 Å². The molecule has 1 aromatic carbocycles. The predicted molar refractivity (Wildman–Crippen MR) is 77.2 cm³/mol. The molecule has 2 saturated heterocycles. The normalized spacial score (nSPS) is 25.1. The maximum absolute atomic E-state index is 11.4. The molecule has 0 spiro atoms. The van der Waals surface area contributed by atoms with Crippen LogP contribution < -0.4 is 4.90 Å². The summed E-state index contributed by atoms with van der Waals surface area (Å²) in [5.41, 5.74) is 1.61. The number of carbonyl (C=O) groups is 1. The van der Waals surface area contributed by atoms with Crippen LogP contribution in [0.5, 0.6) is 0 Å². The van der Waals surface area contributed by atoms with Gasteiger partial charge in [0.2, 0.25) is 0 Å². The van der Waals surface area contributed by atoms with E-state index in [-0.39, 0.29) is 0 Å². The number of rotatable bonds is 2. The summed E-state index contributed by atoms with van der Waals surface area (Å²) in [5.74, 6) is 0.805. The lowest BCUT2D eigenvalue weighted by Gasteiger charge is -2.33. The number of hydrogen-bond acceptors (Lipinski definition) is 4. The molecule has 2 bridgehead atoms. The highest BCUT2D eigenvalue weighted by Gasteiger charge is 2.34. The summed E-state index contributed by atoms with van der Waals surface area (Å²) in [5, 5.41) is 1.01. The number of hydrogen-bond donors (Lipinski definition) is 0. The molecule has 2 aromatic rings. The van der Waals surface area contributed by atoms with Crippen LogP contribution in [0.3, 0.4) is 0 Å². The fourth-order valence-electron chi connectivity index (χ4n) is 3.25. The smallest absolute Gasteiger partial charge is 0.153 e. The number of pyridine rings is 1. The van der Waals surface area contributed by atoms with Crippen LogP contribution in [0.4, 0.5) is 5.82 Å². The quantitative estimate of drug-likeness (QED) is 0.784. The van der Waals surface area contributed by atoms with Gasteiger partial charge in [0, 0.05) is 18.5 Å². The summed E-state index contributed by atoms with van der Waals surface area (Å²) in [6.07, 6.45) is 3.73. The van der Waals surface area contributed by atoms with Crippen molar-refractivity contribution in [2.24, 2.45) is 0 Å². The molecular weight excluding hydrogens is 252 g/mol.